The van der Waals surface area contributed by atoms with Gasteiger partial charge in [-0.1, -0.05) is 6.07 Å². The summed E-state index contributed by atoms with van der Waals surface area (Å²) in [4.78, 5) is 47.4. The van der Waals surface area contributed by atoms with Crippen molar-refractivity contribution in [2.75, 3.05) is 6.79 Å². The molecule has 3 aromatic carbocycles. The molecule has 2 aliphatic heterocycles. The molecule has 0 saturated heterocycles. The van der Waals surface area contributed by atoms with Crippen molar-refractivity contribution >= 4 is 40.2 Å². The van der Waals surface area contributed by atoms with E-state index in [4.69, 9.17) is 9.47 Å². The molecule has 0 fully saturated rings. The number of nitro benzene ring substituents is 2. The van der Waals surface area contributed by atoms with E-state index in [0.717, 1.165) is 6.21 Å². The highest BCUT2D eigenvalue weighted by atomic mass is 16.7. The topological polar surface area (TPSA) is 154 Å². The maximum Gasteiger partial charge on any atom is 0.282 e. The van der Waals surface area contributed by atoms with Crippen molar-refractivity contribution in [3.8, 4) is 11.5 Å². The second-order valence-corrected chi connectivity index (χ2v) is 6.81. The molecule has 0 aromatic heterocycles. The van der Waals surface area contributed by atoms with Gasteiger partial charge in [-0.2, -0.15) is 10.1 Å². The van der Waals surface area contributed by atoms with E-state index in [9.17, 15) is 29.8 Å². The average molecular weight is 434 g/mol. The van der Waals surface area contributed by atoms with Gasteiger partial charge in [-0.3, -0.25) is 29.8 Å². The summed E-state index contributed by atoms with van der Waals surface area (Å²) >= 11 is 0. The van der Waals surface area contributed by atoms with E-state index in [2.05, 4.69) is 5.10 Å². The number of imide groups is 1. The first-order valence-corrected chi connectivity index (χ1v) is 9.07. The molecule has 32 heavy (non-hydrogen) atoms. The molecule has 2 aliphatic rings. The Kier molecular flexibility index (Phi) is 4.08. The van der Waals surface area contributed by atoms with E-state index in [0.29, 0.717) is 5.01 Å². The molecule has 0 radical (unpaired) electrons. The van der Waals surface area contributed by atoms with Crippen molar-refractivity contribution in [3.05, 3.63) is 79.4 Å². The molecule has 0 spiro atoms. The minimum Gasteiger partial charge on any atom is -0.454 e. The lowest BCUT2D eigenvalue weighted by Gasteiger charge is -2.22. The number of ether oxygens (including phenoxy) is 2. The lowest BCUT2D eigenvalue weighted by atomic mass is 9.94. The Balaban J connectivity index is 1.60. The zero-order valence-corrected chi connectivity index (χ0v) is 15.9. The fourth-order valence-corrected chi connectivity index (χ4v) is 3.66. The Labute approximate surface area is 177 Å². The van der Waals surface area contributed by atoms with Gasteiger partial charge in [0.1, 0.15) is 0 Å². The molecular formula is C20H10N4O8. The fraction of sp³-hybridized carbons (Fsp3) is 0.0500. The van der Waals surface area contributed by atoms with Gasteiger partial charge in [-0.25, -0.2) is 0 Å². The first-order valence-electron chi connectivity index (χ1n) is 9.07. The second kappa shape index (κ2) is 6.84. The summed E-state index contributed by atoms with van der Waals surface area (Å²) in [6.45, 7) is -0.0941. The van der Waals surface area contributed by atoms with Crippen LogP contribution in [0.25, 0.3) is 10.8 Å². The van der Waals surface area contributed by atoms with Gasteiger partial charge < -0.3 is 9.47 Å². The van der Waals surface area contributed by atoms with Crippen LogP contribution in [0, 0.1) is 20.2 Å². The van der Waals surface area contributed by atoms with Crippen LogP contribution < -0.4 is 9.47 Å². The predicted molar refractivity (Wildman–Crippen MR) is 108 cm³/mol. The molecule has 2 heterocycles. The van der Waals surface area contributed by atoms with Crippen LogP contribution in [-0.2, 0) is 0 Å². The Hall–Kier alpha value is -4.87. The van der Waals surface area contributed by atoms with E-state index in [1.165, 1.54) is 42.5 Å². The highest BCUT2D eigenvalue weighted by Gasteiger charge is 2.35. The summed E-state index contributed by atoms with van der Waals surface area (Å²) in [5.74, 6) is -1.17. The van der Waals surface area contributed by atoms with Crippen molar-refractivity contribution in [3.63, 3.8) is 0 Å². The molecule has 0 N–H and O–H groups in total. The van der Waals surface area contributed by atoms with Crippen LogP contribution in [0.2, 0.25) is 0 Å². The number of rotatable bonds is 4. The number of hydrogen-bond donors (Lipinski definition) is 0. The molecule has 5 rings (SSSR count). The van der Waals surface area contributed by atoms with Crippen molar-refractivity contribution in [1.82, 2.24) is 5.01 Å². The summed E-state index contributed by atoms with van der Waals surface area (Å²) in [5.41, 5.74) is -0.490. The highest BCUT2D eigenvalue weighted by Crippen LogP contribution is 2.38. The Morgan fingerprint density at radius 2 is 1.56 bits per heavy atom. The van der Waals surface area contributed by atoms with Gasteiger partial charge in [0.2, 0.25) is 6.79 Å². The Morgan fingerprint density at radius 1 is 0.906 bits per heavy atom. The molecule has 12 heteroatoms. The molecule has 12 nitrogen and oxygen atoms in total. The van der Waals surface area contributed by atoms with Crippen LogP contribution >= 0.6 is 0 Å². The molecular weight excluding hydrogens is 424 g/mol. The lowest BCUT2D eigenvalue weighted by molar-refractivity contribution is -0.385. The van der Waals surface area contributed by atoms with E-state index < -0.39 is 21.7 Å². The van der Waals surface area contributed by atoms with E-state index in [1.54, 1.807) is 0 Å². The third-order valence-corrected chi connectivity index (χ3v) is 5.09. The zero-order chi connectivity index (χ0) is 22.6. The summed E-state index contributed by atoms with van der Waals surface area (Å²) in [7, 11) is 0. The number of carbonyl (C=O) groups excluding carboxylic acids is 2. The fourth-order valence-electron chi connectivity index (χ4n) is 3.66. The van der Waals surface area contributed by atoms with Crippen LogP contribution in [0.4, 0.5) is 11.4 Å². The standard InChI is InChI=1S/C20H10N4O8/c25-19-12-3-1-2-11-14(23(27)28)5-4-13(18(11)12)20(26)22(19)21-8-10-6-16-17(32-9-31-16)7-15(10)24(29)30/h1-8H,9H2. The summed E-state index contributed by atoms with van der Waals surface area (Å²) in [6, 6.07) is 9.27. The van der Waals surface area contributed by atoms with Gasteiger partial charge in [-0.15, -0.1) is 0 Å². The Bertz CT molecular complexity index is 1390. The molecule has 0 unspecified atom stereocenters. The van der Waals surface area contributed by atoms with Gasteiger partial charge in [0.25, 0.3) is 23.2 Å². The third kappa shape index (κ3) is 2.74. The summed E-state index contributed by atoms with van der Waals surface area (Å²) in [5, 5.41) is 27.5. The maximum absolute atomic E-state index is 13.0. The molecule has 0 aliphatic carbocycles. The number of hydrogen-bond acceptors (Lipinski definition) is 9. The minimum absolute atomic E-state index is 0.00689. The summed E-state index contributed by atoms with van der Waals surface area (Å²) < 4.78 is 10.3. The van der Waals surface area contributed by atoms with E-state index >= 15 is 0 Å². The van der Waals surface area contributed by atoms with E-state index in [1.807, 2.05) is 0 Å². The van der Waals surface area contributed by atoms with Crippen LogP contribution in [0.1, 0.15) is 26.3 Å². The number of nitrogens with zero attached hydrogens (tertiary/aromatic N) is 4. The van der Waals surface area contributed by atoms with Crippen molar-refractivity contribution in [2.45, 2.75) is 0 Å². The van der Waals surface area contributed by atoms with Crippen LogP contribution in [0.5, 0.6) is 11.5 Å². The summed E-state index contributed by atoms with van der Waals surface area (Å²) in [6.07, 6.45) is 1.01. The van der Waals surface area contributed by atoms with Gasteiger partial charge in [0.15, 0.2) is 11.5 Å². The van der Waals surface area contributed by atoms with Crippen LogP contribution in [0.3, 0.4) is 0 Å². The number of carbonyl (C=O) groups is 2. The smallest absolute Gasteiger partial charge is 0.282 e. The zero-order valence-electron chi connectivity index (χ0n) is 15.9. The van der Waals surface area contributed by atoms with Crippen LogP contribution in [0.15, 0.2) is 47.6 Å². The SMILES string of the molecule is O=C1c2cccc3c([N+](=O)[O-])ccc(c23)C(=O)N1N=Cc1cc2c(cc1[N+](=O)[O-])OCO2. The quantitative estimate of drug-likeness (QED) is 0.263. The monoisotopic (exact) mass is 434 g/mol. The molecule has 0 bridgehead atoms. The first kappa shape index (κ1) is 19.1. The molecule has 158 valence electrons. The van der Waals surface area contributed by atoms with Gasteiger partial charge in [0.05, 0.1) is 44.2 Å². The molecule has 3 aromatic rings. The van der Waals surface area contributed by atoms with Gasteiger partial charge in [-0.05, 0) is 24.3 Å². The number of fused-ring (bicyclic) bond motifs is 1. The molecule has 0 saturated carbocycles. The Morgan fingerprint density at radius 3 is 2.25 bits per heavy atom. The largest absolute Gasteiger partial charge is 0.454 e. The third-order valence-electron chi connectivity index (χ3n) is 5.09. The number of hydrazone groups is 1. The number of non-ortho nitro benzene ring substituents is 1. The van der Waals surface area contributed by atoms with Gasteiger partial charge >= 0.3 is 0 Å². The second-order valence-electron chi connectivity index (χ2n) is 6.81. The van der Waals surface area contributed by atoms with Crippen molar-refractivity contribution in [1.29, 1.82) is 0 Å². The van der Waals surface area contributed by atoms with Crippen molar-refractivity contribution < 1.29 is 28.9 Å². The normalized spacial score (nSPS) is 14.4. The number of amides is 2. The molecule has 0 atom stereocenters. The predicted octanol–water partition coefficient (Wildman–Crippen LogP) is 3.02. The first-order chi connectivity index (χ1) is 15.4. The molecule has 2 amide bonds. The number of benzene rings is 3. The average Bonchev–Trinajstić information content (AvgIpc) is 3.23. The van der Waals surface area contributed by atoms with Crippen molar-refractivity contribution in [2.24, 2.45) is 5.10 Å². The van der Waals surface area contributed by atoms with Gasteiger partial charge in [0, 0.05) is 11.5 Å². The van der Waals surface area contributed by atoms with Crippen LogP contribution in [-0.4, -0.2) is 39.7 Å². The van der Waals surface area contributed by atoms with E-state index in [-0.39, 0.29) is 57.1 Å². The number of nitro groups is 2. The lowest BCUT2D eigenvalue weighted by Crippen LogP contribution is -2.36. The minimum atomic E-state index is -0.812. The maximum atomic E-state index is 13.0. The highest BCUT2D eigenvalue weighted by molar-refractivity contribution is 6.26.